The fourth-order valence-corrected chi connectivity index (χ4v) is 4.21. The molecule has 0 aliphatic heterocycles. The minimum Gasteiger partial charge on any atom is -0.494 e. The molecule has 0 unspecified atom stereocenters. The van der Waals surface area contributed by atoms with Crippen LogP contribution < -0.4 is 15.6 Å². The number of nitrogens with zero attached hydrogens (tertiary/aromatic N) is 5. The van der Waals surface area contributed by atoms with Crippen LogP contribution in [0.4, 0.5) is 13.9 Å². The van der Waals surface area contributed by atoms with Crippen molar-refractivity contribution in [2.45, 2.75) is 19.3 Å². The zero-order valence-electron chi connectivity index (χ0n) is 20.6. The lowest BCUT2D eigenvalue weighted by molar-refractivity contribution is 0.0696. The van der Waals surface area contributed by atoms with Crippen LogP contribution >= 0.6 is 11.3 Å². The number of carbonyl (C=O) groups is 2. The first-order valence-corrected chi connectivity index (χ1v) is 12.5. The summed E-state index contributed by atoms with van der Waals surface area (Å²) < 4.78 is 33.5. The van der Waals surface area contributed by atoms with Gasteiger partial charge < -0.3 is 9.84 Å². The van der Waals surface area contributed by atoms with Gasteiger partial charge in [-0.1, -0.05) is 17.3 Å². The summed E-state index contributed by atoms with van der Waals surface area (Å²) in [6.07, 6.45) is 2.64. The molecule has 2 N–H and O–H groups in total. The van der Waals surface area contributed by atoms with E-state index in [1.165, 1.54) is 25.4 Å². The number of aromatic carboxylic acids is 1. The van der Waals surface area contributed by atoms with Gasteiger partial charge in [0.25, 0.3) is 17.9 Å². The molecule has 4 aromatic rings. The summed E-state index contributed by atoms with van der Waals surface area (Å²) in [5.41, 5.74) is -1.37. The lowest BCUT2D eigenvalue weighted by atomic mass is 10.00. The topological polar surface area (TPSA) is 149 Å². The van der Waals surface area contributed by atoms with Gasteiger partial charge in [-0.3, -0.25) is 24.5 Å². The SMILES string of the molecule is COc1cnc(C(F)F)cc1-c1cc(-n2ccc(C(=O)O)cc2=O)ncc1C(=O)Nc1nnc(C#CC2CC2)s1. The average Bonchev–Trinajstić information content (AvgIpc) is 3.68. The number of carbonyl (C=O) groups excluding carboxylic acids is 1. The van der Waals surface area contributed by atoms with E-state index < -0.39 is 29.6 Å². The lowest BCUT2D eigenvalue weighted by Crippen LogP contribution is -2.20. The fourth-order valence-electron chi connectivity index (χ4n) is 3.61. The first-order valence-electron chi connectivity index (χ1n) is 11.7. The Morgan fingerprint density at radius 1 is 1.18 bits per heavy atom. The van der Waals surface area contributed by atoms with Gasteiger partial charge in [0.05, 0.1) is 24.4 Å². The molecule has 0 radical (unpaired) electrons. The second-order valence-corrected chi connectivity index (χ2v) is 9.51. The van der Waals surface area contributed by atoms with Crippen molar-refractivity contribution in [3.05, 3.63) is 75.0 Å². The van der Waals surface area contributed by atoms with Crippen molar-refractivity contribution >= 4 is 28.3 Å². The third-order valence-corrected chi connectivity index (χ3v) is 6.53. The number of methoxy groups -OCH3 is 1. The van der Waals surface area contributed by atoms with Crippen molar-refractivity contribution in [1.82, 2.24) is 24.7 Å². The fraction of sp³-hybridized carbons (Fsp3) is 0.192. The van der Waals surface area contributed by atoms with Crippen LogP contribution in [0, 0.1) is 17.8 Å². The van der Waals surface area contributed by atoms with Crippen LogP contribution in [0.1, 0.15) is 50.7 Å². The maximum absolute atomic E-state index is 13.6. The van der Waals surface area contributed by atoms with E-state index in [0.29, 0.717) is 10.9 Å². The zero-order chi connectivity index (χ0) is 28.4. The minimum absolute atomic E-state index is 0.000460. The number of alkyl halides is 2. The second kappa shape index (κ2) is 11.0. The molecule has 1 aliphatic rings. The van der Waals surface area contributed by atoms with E-state index >= 15 is 0 Å². The van der Waals surface area contributed by atoms with Gasteiger partial charge in [-0.25, -0.2) is 18.6 Å². The van der Waals surface area contributed by atoms with Gasteiger partial charge in [0.2, 0.25) is 5.13 Å². The highest BCUT2D eigenvalue weighted by Crippen LogP contribution is 2.35. The monoisotopic (exact) mass is 564 g/mol. The highest BCUT2D eigenvalue weighted by Gasteiger charge is 2.23. The summed E-state index contributed by atoms with van der Waals surface area (Å²) in [6.45, 7) is 0. The van der Waals surface area contributed by atoms with Crippen molar-refractivity contribution < 1.29 is 28.2 Å². The first-order chi connectivity index (χ1) is 19.2. The zero-order valence-corrected chi connectivity index (χ0v) is 21.4. The van der Waals surface area contributed by atoms with Gasteiger partial charge in [-0.05, 0) is 37.0 Å². The Kier molecular flexibility index (Phi) is 7.30. The number of rotatable bonds is 7. The van der Waals surface area contributed by atoms with Gasteiger partial charge in [-0.15, -0.1) is 10.2 Å². The molecule has 11 nitrogen and oxygen atoms in total. The van der Waals surface area contributed by atoms with E-state index in [9.17, 15) is 23.2 Å². The molecule has 14 heteroatoms. The van der Waals surface area contributed by atoms with Gasteiger partial charge in [0.1, 0.15) is 17.3 Å². The number of aromatic nitrogens is 5. The van der Waals surface area contributed by atoms with Crippen LogP contribution in [0.2, 0.25) is 0 Å². The third-order valence-electron chi connectivity index (χ3n) is 5.78. The average molecular weight is 565 g/mol. The summed E-state index contributed by atoms with van der Waals surface area (Å²) in [5.74, 6) is 4.44. The van der Waals surface area contributed by atoms with Crippen molar-refractivity contribution in [2.75, 3.05) is 12.4 Å². The van der Waals surface area contributed by atoms with E-state index in [1.54, 1.807) is 0 Å². The molecular formula is C26H18F2N6O5S. The molecule has 0 bridgehead atoms. The van der Waals surface area contributed by atoms with Crippen molar-refractivity contribution in [1.29, 1.82) is 0 Å². The van der Waals surface area contributed by atoms with Crippen LogP contribution in [0.15, 0.2) is 47.7 Å². The number of halogens is 2. The number of hydrogen-bond acceptors (Lipinski definition) is 9. The van der Waals surface area contributed by atoms with Gasteiger partial charge in [-0.2, -0.15) is 0 Å². The van der Waals surface area contributed by atoms with E-state index in [-0.39, 0.29) is 39.0 Å². The molecule has 4 aromatic heterocycles. The first kappa shape index (κ1) is 26.6. The smallest absolute Gasteiger partial charge is 0.335 e. The van der Waals surface area contributed by atoms with Crippen LogP contribution in [-0.4, -0.2) is 48.8 Å². The van der Waals surface area contributed by atoms with Gasteiger partial charge in [0, 0.05) is 35.5 Å². The number of carboxylic acid groups (broad SMARTS) is 1. The summed E-state index contributed by atoms with van der Waals surface area (Å²) in [4.78, 5) is 45.1. The lowest BCUT2D eigenvalue weighted by Gasteiger charge is -2.15. The Labute approximate surface area is 228 Å². The van der Waals surface area contributed by atoms with Gasteiger partial charge in [0.15, 0.2) is 5.01 Å². The van der Waals surface area contributed by atoms with E-state index in [4.69, 9.17) is 9.84 Å². The van der Waals surface area contributed by atoms with Crippen LogP contribution in [0.25, 0.3) is 16.9 Å². The molecule has 0 aromatic carbocycles. The van der Waals surface area contributed by atoms with Crippen molar-refractivity contribution in [2.24, 2.45) is 5.92 Å². The van der Waals surface area contributed by atoms with E-state index in [2.05, 4.69) is 37.3 Å². The summed E-state index contributed by atoms with van der Waals surface area (Å²) in [5, 5.41) is 20.3. The minimum atomic E-state index is -2.91. The number of amides is 1. The maximum Gasteiger partial charge on any atom is 0.335 e. The van der Waals surface area contributed by atoms with Crippen LogP contribution in [0.5, 0.6) is 5.75 Å². The molecule has 1 amide bonds. The second-order valence-electron chi connectivity index (χ2n) is 8.54. The predicted molar refractivity (Wildman–Crippen MR) is 139 cm³/mol. The number of nitrogens with one attached hydrogen (secondary N) is 1. The van der Waals surface area contributed by atoms with E-state index in [1.807, 2.05) is 0 Å². The van der Waals surface area contributed by atoms with Crippen LogP contribution in [0.3, 0.4) is 0 Å². The normalized spacial score (nSPS) is 12.5. The molecule has 1 aliphatic carbocycles. The molecule has 202 valence electrons. The Hall–Kier alpha value is -5.03. The molecule has 1 saturated carbocycles. The highest BCUT2D eigenvalue weighted by molar-refractivity contribution is 7.15. The highest BCUT2D eigenvalue weighted by atomic mass is 32.1. The van der Waals surface area contributed by atoms with Gasteiger partial charge >= 0.3 is 5.97 Å². The molecule has 5 rings (SSSR count). The molecule has 0 atom stereocenters. The van der Waals surface area contributed by atoms with E-state index in [0.717, 1.165) is 53.3 Å². The van der Waals surface area contributed by atoms with Crippen molar-refractivity contribution in [3.63, 3.8) is 0 Å². The number of anilines is 1. The quantitative estimate of drug-likeness (QED) is 0.320. The number of hydrogen-bond donors (Lipinski definition) is 2. The molecule has 0 saturated heterocycles. The standard InChI is InChI=1S/C26H18F2N6O5S/c1-39-19-12-29-18(23(27)28)9-16(19)15-10-20(34-7-6-14(25(37)38)8-22(34)35)30-11-17(15)24(36)31-26-33-32-21(40-26)5-4-13-2-3-13/h6-13,23H,2-3H2,1H3,(H,37,38)(H,31,33,36). The largest absolute Gasteiger partial charge is 0.494 e. The number of ether oxygens (including phenoxy) is 1. The summed E-state index contributed by atoms with van der Waals surface area (Å²) in [7, 11) is 1.31. The third kappa shape index (κ3) is 5.69. The Bertz CT molecular complexity index is 1760. The van der Waals surface area contributed by atoms with Crippen LogP contribution in [-0.2, 0) is 0 Å². The number of pyridine rings is 3. The summed E-state index contributed by atoms with van der Waals surface area (Å²) >= 11 is 1.07. The molecular weight excluding hydrogens is 546 g/mol. The van der Waals surface area contributed by atoms with Crippen molar-refractivity contribution in [3.8, 4) is 34.5 Å². The predicted octanol–water partition coefficient (Wildman–Crippen LogP) is 3.80. The summed E-state index contributed by atoms with van der Waals surface area (Å²) in [6, 6.07) is 4.51. The maximum atomic E-state index is 13.6. The Morgan fingerprint density at radius 3 is 2.65 bits per heavy atom. The Morgan fingerprint density at radius 2 is 1.98 bits per heavy atom. The molecule has 0 spiro atoms. The Balaban J connectivity index is 1.59. The number of carboxylic acids is 1. The molecule has 40 heavy (non-hydrogen) atoms. The molecule has 4 heterocycles. The molecule has 1 fully saturated rings.